The van der Waals surface area contributed by atoms with Gasteiger partial charge in [-0.25, -0.2) is 0 Å². The van der Waals surface area contributed by atoms with Gasteiger partial charge in [-0.05, 0) is 25.7 Å². The van der Waals surface area contributed by atoms with Gasteiger partial charge in [0.1, 0.15) is 24.4 Å². The van der Waals surface area contributed by atoms with Gasteiger partial charge in [0.25, 0.3) is 0 Å². The summed E-state index contributed by atoms with van der Waals surface area (Å²) in [5, 5.41) is 21.8. The SMILES string of the molecule is CC[Si](CC)(CC)CCCO[C@H]([C@H](OCCC[Si](CC)(CC)CC)[C@@H](CO)OCCC[Si](CC)(CC)CC)[C@H](CO)OCCC[Si](CC)(CC)CC. The van der Waals surface area contributed by atoms with Crippen LogP contribution in [0.1, 0.15) is 109 Å². The average Bonchev–Trinajstić information content (AvgIpc) is 3.20. The zero-order valence-corrected chi connectivity index (χ0v) is 41.2. The maximum Gasteiger partial charge on any atom is 0.115 e. The van der Waals surface area contributed by atoms with Crippen molar-refractivity contribution < 1.29 is 29.2 Å². The molecule has 0 fully saturated rings. The normalized spacial score (nSPS) is 15.6. The highest BCUT2D eigenvalue weighted by Gasteiger charge is 2.39. The molecule has 0 unspecified atom stereocenters. The van der Waals surface area contributed by atoms with Gasteiger partial charge in [-0.2, -0.15) is 0 Å². The van der Waals surface area contributed by atoms with Crippen LogP contribution in [-0.4, -0.2) is 107 Å². The Labute approximate surface area is 329 Å². The molecule has 0 saturated heterocycles. The molecule has 4 atom stereocenters. The minimum Gasteiger partial charge on any atom is -0.394 e. The first kappa shape index (κ1) is 52.6. The van der Waals surface area contributed by atoms with Crippen molar-refractivity contribution in [3.05, 3.63) is 0 Å². The maximum absolute atomic E-state index is 10.9. The maximum atomic E-state index is 10.9. The first-order valence-electron chi connectivity index (χ1n) is 22.7. The molecule has 2 N–H and O–H groups in total. The Hall–Kier alpha value is 0.628. The van der Waals surface area contributed by atoms with Gasteiger partial charge in [-0.3, -0.25) is 0 Å². The van der Waals surface area contributed by atoms with Gasteiger partial charge in [0.15, 0.2) is 0 Å². The molecule has 0 aromatic rings. The van der Waals surface area contributed by atoms with Gasteiger partial charge >= 0.3 is 0 Å². The second-order valence-electron chi connectivity index (χ2n) is 16.5. The van der Waals surface area contributed by atoms with Crippen molar-refractivity contribution in [1.29, 1.82) is 0 Å². The van der Waals surface area contributed by atoms with Gasteiger partial charge in [0, 0.05) is 26.4 Å². The largest absolute Gasteiger partial charge is 0.394 e. The zero-order chi connectivity index (χ0) is 39.5. The van der Waals surface area contributed by atoms with Crippen molar-refractivity contribution in [1.82, 2.24) is 0 Å². The fraction of sp³-hybridized carbons (Fsp3) is 1.00. The minimum atomic E-state index is -1.28. The molecule has 0 spiro atoms. The lowest BCUT2D eigenvalue weighted by molar-refractivity contribution is -0.191. The molecule has 10 heteroatoms. The Morgan fingerprint density at radius 3 is 0.692 bits per heavy atom. The molecular weight excluding hydrogens is 713 g/mol. The van der Waals surface area contributed by atoms with E-state index < -0.39 is 56.7 Å². The number of hydrogen-bond donors (Lipinski definition) is 2. The van der Waals surface area contributed by atoms with E-state index in [2.05, 4.69) is 83.1 Å². The van der Waals surface area contributed by atoms with E-state index in [1.165, 1.54) is 96.7 Å². The van der Waals surface area contributed by atoms with E-state index in [0.717, 1.165) is 25.7 Å². The third-order valence-electron chi connectivity index (χ3n) is 15.1. The number of rotatable bonds is 37. The molecule has 0 aliphatic rings. The van der Waals surface area contributed by atoms with Crippen LogP contribution < -0.4 is 0 Å². The molecule has 0 bridgehead atoms. The monoisotopic (exact) mass is 807 g/mol. The summed E-state index contributed by atoms with van der Waals surface area (Å²) in [6.45, 7) is 30.7. The first-order chi connectivity index (χ1) is 25.0. The van der Waals surface area contributed by atoms with E-state index in [-0.39, 0.29) is 13.2 Å². The molecule has 0 heterocycles. The molecule has 52 heavy (non-hydrogen) atoms. The van der Waals surface area contributed by atoms with Crippen LogP contribution in [0.15, 0.2) is 0 Å². The fourth-order valence-corrected chi connectivity index (χ4v) is 23.0. The van der Waals surface area contributed by atoms with Crippen LogP contribution in [0.5, 0.6) is 0 Å². The molecule has 0 amide bonds. The number of ether oxygens (including phenoxy) is 4. The predicted molar refractivity (Wildman–Crippen MR) is 240 cm³/mol. The lowest BCUT2D eigenvalue weighted by Gasteiger charge is -2.37. The van der Waals surface area contributed by atoms with Crippen molar-refractivity contribution in [3.63, 3.8) is 0 Å². The predicted octanol–water partition coefficient (Wildman–Crippen LogP) is 12.1. The molecule has 0 radical (unpaired) electrons. The van der Waals surface area contributed by atoms with Crippen LogP contribution in [0.2, 0.25) is 96.7 Å². The number of hydrogen-bond acceptors (Lipinski definition) is 6. The number of aliphatic hydroxyl groups excluding tert-OH is 2. The fourth-order valence-electron chi connectivity index (χ4n) is 9.15. The number of aliphatic hydroxyl groups is 2. The highest BCUT2D eigenvalue weighted by atomic mass is 28.3. The summed E-state index contributed by atoms with van der Waals surface area (Å²) in [6.07, 6.45) is 2.01. The Morgan fingerprint density at radius 2 is 0.519 bits per heavy atom. The van der Waals surface area contributed by atoms with Crippen LogP contribution in [0.25, 0.3) is 0 Å². The molecule has 0 saturated carbocycles. The van der Waals surface area contributed by atoms with Crippen LogP contribution in [0.4, 0.5) is 0 Å². The van der Waals surface area contributed by atoms with Gasteiger partial charge in [-0.15, -0.1) is 0 Å². The molecular formula is C42H94O6Si4. The lowest BCUT2D eigenvalue weighted by Crippen LogP contribution is -2.52. The van der Waals surface area contributed by atoms with Gasteiger partial charge in [0.2, 0.25) is 0 Å². The quantitative estimate of drug-likeness (QED) is 0.0481. The third kappa shape index (κ3) is 17.4. The third-order valence-corrected chi connectivity index (χ3v) is 38.8. The summed E-state index contributed by atoms with van der Waals surface area (Å²) < 4.78 is 26.9. The lowest BCUT2D eigenvalue weighted by atomic mass is 10.0. The summed E-state index contributed by atoms with van der Waals surface area (Å²) in [6, 6.07) is 20.8. The Morgan fingerprint density at radius 1 is 0.327 bits per heavy atom. The summed E-state index contributed by atoms with van der Waals surface area (Å²) in [4.78, 5) is 0. The van der Waals surface area contributed by atoms with E-state index in [1.54, 1.807) is 0 Å². The molecule has 0 aliphatic heterocycles. The van der Waals surface area contributed by atoms with Gasteiger partial charge in [-0.1, -0.05) is 180 Å². The highest BCUT2D eigenvalue weighted by molar-refractivity contribution is 6.80. The Bertz CT molecular complexity index is 721. The van der Waals surface area contributed by atoms with E-state index in [0.29, 0.717) is 26.4 Å². The summed E-state index contributed by atoms with van der Waals surface area (Å²) in [7, 11) is -5.08. The van der Waals surface area contributed by atoms with Crippen LogP contribution >= 0.6 is 0 Å². The standard InChI is InChI=1S/C42H94O6Si4/c1-13-49(14-2,15-3)33-25-29-45-39(37-43)41(47-31-27-35-51(19-7,20-8)21-9)42(48-32-28-36-52(22-10,23-11)24-12)40(38-44)46-30-26-34-50(16-4,17-5)18-6/h39-44H,13-38H2,1-12H3/t39-,40+,41-,42+. The molecule has 314 valence electrons. The van der Waals surface area contributed by atoms with Crippen molar-refractivity contribution in [3.8, 4) is 0 Å². The zero-order valence-electron chi connectivity index (χ0n) is 37.2. The molecule has 0 rings (SSSR count). The van der Waals surface area contributed by atoms with E-state index in [1.807, 2.05) is 0 Å². The van der Waals surface area contributed by atoms with Crippen molar-refractivity contribution in [2.24, 2.45) is 0 Å². The van der Waals surface area contributed by atoms with Crippen LogP contribution in [-0.2, 0) is 18.9 Å². The summed E-state index contributed by atoms with van der Waals surface area (Å²) in [5.74, 6) is 0. The summed E-state index contributed by atoms with van der Waals surface area (Å²) in [5.41, 5.74) is 0. The highest BCUT2D eigenvalue weighted by Crippen LogP contribution is 2.31. The second kappa shape index (κ2) is 29.8. The average molecular weight is 808 g/mol. The first-order valence-corrected chi connectivity index (χ1v) is 34.0. The van der Waals surface area contributed by atoms with Crippen molar-refractivity contribution in [2.75, 3.05) is 39.6 Å². The molecule has 0 aromatic carbocycles. The van der Waals surface area contributed by atoms with Crippen molar-refractivity contribution >= 4 is 32.3 Å². The van der Waals surface area contributed by atoms with Gasteiger partial charge in [0.05, 0.1) is 45.5 Å². The Balaban J connectivity index is 6.37. The van der Waals surface area contributed by atoms with Crippen LogP contribution in [0, 0.1) is 0 Å². The van der Waals surface area contributed by atoms with Crippen molar-refractivity contribution in [2.45, 2.75) is 230 Å². The topological polar surface area (TPSA) is 77.4 Å². The minimum absolute atomic E-state index is 0.132. The second-order valence-corrected chi connectivity index (χ2v) is 39.0. The van der Waals surface area contributed by atoms with Gasteiger partial charge < -0.3 is 29.2 Å². The molecule has 0 aromatic heterocycles. The smallest absolute Gasteiger partial charge is 0.115 e. The van der Waals surface area contributed by atoms with Crippen LogP contribution in [0.3, 0.4) is 0 Å². The summed E-state index contributed by atoms with van der Waals surface area (Å²) >= 11 is 0. The van der Waals surface area contributed by atoms with E-state index in [9.17, 15) is 10.2 Å². The Kier molecular flexibility index (Phi) is 30.2. The molecule has 6 nitrogen and oxygen atoms in total. The van der Waals surface area contributed by atoms with E-state index >= 15 is 0 Å². The van der Waals surface area contributed by atoms with E-state index in [4.69, 9.17) is 18.9 Å². The molecule has 0 aliphatic carbocycles.